The van der Waals surface area contributed by atoms with Gasteiger partial charge in [-0.05, 0) is 86.6 Å². The number of amides is 3. The number of ether oxygens (including phenoxy) is 4. The third-order valence-electron chi connectivity index (χ3n) is 9.99. The molecule has 0 saturated carbocycles. The molecule has 0 spiro atoms. The summed E-state index contributed by atoms with van der Waals surface area (Å²) in [5, 5.41) is 12.0. The molecule has 64 heavy (non-hydrogen) atoms. The molecule has 2 atom stereocenters. The zero-order chi connectivity index (χ0) is 44.4. The molecule has 0 saturated heterocycles. The quantitative estimate of drug-likeness (QED) is 0.0335. The molecule has 7 aromatic rings. The minimum atomic E-state index is -1.18. The van der Waals surface area contributed by atoms with E-state index in [0.29, 0.717) is 23.5 Å². The Balaban J connectivity index is 0.988. The van der Waals surface area contributed by atoms with Gasteiger partial charge in [0, 0.05) is 12.8 Å². The van der Waals surface area contributed by atoms with Crippen molar-refractivity contribution in [2.24, 2.45) is 5.10 Å². The van der Waals surface area contributed by atoms with E-state index >= 15 is 0 Å². The highest BCUT2D eigenvalue weighted by Crippen LogP contribution is 2.19. The topological polar surface area (TPSA) is 154 Å². The maximum atomic E-state index is 14.1. The van der Waals surface area contributed by atoms with Gasteiger partial charge in [-0.25, -0.2) is 15.0 Å². The van der Waals surface area contributed by atoms with Gasteiger partial charge in [-0.15, -0.1) is 0 Å². The van der Waals surface area contributed by atoms with E-state index in [4.69, 9.17) is 18.9 Å². The number of alkyl carbamates (subject to hydrolysis) is 1. The zero-order valence-corrected chi connectivity index (χ0v) is 34.8. The lowest BCUT2D eigenvalue weighted by molar-refractivity contribution is -0.130. The first-order valence-corrected chi connectivity index (χ1v) is 20.7. The Kier molecular flexibility index (Phi) is 15.4. The number of nitrogens with zero attached hydrogens (tertiary/aromatic N) is 1. The third kappa shape index (κ3) is 13.6. The van der Waals surface area contributed by atoms with Crippen molar-refractivity contribution in [3.63, 3.8) is 0 Å². The second-order valence-corrected chi connectivity index (χ2v) is 14.8. The SMILES string of the molecule is O=C(NC(Cc1ccc(OC(=O)OCc2ccccc2)cc1)C(=O)NC(Cc1ccccc1)C(=O)NN=Cc1ccc(OCc2ccc3ccccc3c2)cc1)OCc1ccccc1. The summed E-state index contributed by atoms with van der Waals surface area (Å²) in [5.41, 5.74) is 7.30. The van der Waals surface area contributed by atoms with Crippen molar-refractivity contribution in [2.45, 2.75) is 44.7 Å². The molecule has 0 aliphatic carbocycles. The Morgan fingerprint density at radius 3 is 1.67 bits per heavy atom. The molecule has 3 amide bonds. The highest BCUT2D eigenvalue weighted by atomic mass is 16.7. The van der Waals surface area contributed by atoms with E-state index in [1.807, 2.05) is 133 Å². The van der Waals surface area contributed by atoms with Gasteiger partial charge >= 0.3 is 12.2 Å². The number of fused-ring (bicyclic) bond motifs is 1. The maximum Gasteiger partial charge on any atom is 0.514 e. The standard InChI is InChI=1S/C52H46N4O8/c57-49(47(55-51(59)62-34-40-14-6-2-7-15-40)32-38-21-28-46(29-22-38)64-52(60)63-35-41-16-8-3-9-17-41)54-48(31-37-12-4-1-5-13-37)50(58)56-53-33-39-23-26-45(27-24-39)61-36-42-20-25-43-18-10-11-19-44(43)30-42/h1-30,33,47-48H,31-32,34-36H2,(H,54,57)(H,55,59)(H,56,58). The van der Waals surface area contributed by atoms with Crippen molar-refractivity contribution >= 4 is 41.1 Å². The summed E-state index contributed by atoms with van der Waals surface area (Å²) in [7, 11) is 0. The maximum absolute atomic E-state index is 14.1. The van der Waals surface area contributed by atoms with Crippen LogP contribution in [0.25, 0.3) is 10.8 Å². The number of carbonyl (C=O) groups excluding carboxylic acids is 4. The molecule has 0 aliphatic rings. The molecule has 2 unspecified atom stereocenters. The first-order valence-electron chi connectivity index (χ1n) is 20.7. The van der Waals surface area contributed by atoms with Gasteiger partial charge in [0.15, 0.2) is 0 Å². The zero-order valence-electron chi connectivity index (χ0n) is 34.8. The van der Waals surface area contributed by atoms with Crippen LogP contribution in [0.5, 0.6) is 11.5 Å². The van der Waals surface area contributed by atoms with Crippen molar-refractivity contribution in [1.82, 2.24) is 16.1 Å². The summed E-state index contributed by atoms with van der Waals surface area (Å²) in [5.74, 6) is -0.314. The predicted molar refractivity (Wildman–Crippen MR) is 243 cm³/mol. The fourth-order valence-electron chi connectivity index (χ4n) is 6.61. The lowest BCUT2D eigenvalue weighted by Crippen LogP contribution is -2.54. The van der Waals surface area contributed by atoms with E-state index in [2.05, 4.69) is 45.4 Å². The Morgan fingerprint density at radius 1 is 0.484 bits per heavy atom. The van der Waals surface area contributed by atoms with Crippen molar-refractivity contribution in [3.8, 4) is 11.5 Å². The van der Waals surface area contributed by atoms with Crippen molar-refractivity contribution in [2.75, 3.05) is 0 Å². The van der Waals surface area contributed by atoms with Gasteiger partial charge < -0.3 is 29.6 Å². The normalized spacial score (nSPS) is 11.8. The molecule has 0 heterocycles. The summed E-state index contributed by atoms with van der Waals surface area (Å²) >= 11 is 0. The molecule has 0 aliphatic heterocycles. The molecule has 0 fully saturated rings. The Bertz CT molecular complexity index is 2640. The Hall–Kier alpha value is -8.25. The fourth-order valence-corrected chi connectivity index (χ4v) is 6.61. The molecular weight excluding hydrogens is 809 g/mol. The Labute approximate surface area is 370 Å². The molecule has 7 aromatic carbocycles. The average molecular weight is 855 g/mol. The summed E-state index contributed by atoms with van der Waals surface area (Å²) in [4.78, 5) is 53.3. The summed E-state index contributed by atoms with van der Waals surface area (Å²) in [6, 6.07) is 53.4. The monoisotopic (exact) mass is 854 g/mol. The predicted octanol–water partition coefficient (Wildman–Crippen LogP) is 8.85. The fraction of sp³-hybridized carbons (Fsp3) is 0.135. The minimum Gasteiger partial charge on any atom is -0.489 e. The summed E-state index contributed by atoms with van der Waals surface area (Å²) in [6.45, 7) is 0.433. The molecule has 322 valence electrons. The van der Waals surface area contributed by atoms with Crippen LogP contribution in [0.4, 0.5) is 9.59 Å². The van der Waals surface area contributed by atoms with Gasteiger partial charge in [-0.1, -0.05) is 140 Å². The molecule has 0 radical (unpaired) electrons. The molecule has 0 bridgehead atoms. The van der Waals surface area contributed by atoms with Crippen LogP contribution < -0.4 is 25.5 Å². The summed E-state index contributed by atoms with van der Waals surface area (Å²) in [6.07, 6.45) is -0.0705. The lowest BCUT2D eigenvalue weighted by atomic mass is 10.0. The van der Waals surface area contributed by atoms with Crippen molar-refractivity contribution < 1.29 is 38.1 Å². The number of carbonyl (C=O) groups is 4. The van der Waals surface area contributed by atoms with E-state index in [1.54, 1.807) is 24.3 Å². The minimum absolute atomic E-state index is 0.00476. The number of benzene rings is 7. The second-order valence-electron chi connectivity index (χ2n) is 14.8. The van der Waals surface area contributed by atoms with Gasteiger partial charge in [0.2, 0.25) is 5.91 Å². The van der Waals surface area contributed by atoms with E-state index < -0.39 is 36.1 Å². The highest BCUT2D eigenvalue weighted by Gasteiger charge is 2.28. The van der Waals surface area contributed by atoms with E-state index in [0.717, 1.165) is 27.6 Å². The highest BCUT2D eigenvalue weighted by molar-refractivity contribution is 5.92. The van der Waals surface area contributed by atoms with Crippen LogP contribution in [0.1, 0.15) is 33.4 Å². The van der Waals surface area contributed by atoms with Crippen LogP contribution in [0, 0.1) is 0 Å². The molecule has 12 nitrogen and oxygen atoms in total. The van der Waals surface area contributed by atoms with Crippen LogP contribution >= 0.6 is 0 Å². The van der Waals surface area contributed by atoms with Crippen LogP contribution in [0.15, 0.2) is 187 Å². The van der Waals surface area contributed by atoms with Gasteiger partial charge in [-0.3, -0.25) is 9.59 Å². The van der Waals surface area contributed by atoms with Crippen LogP contribution in [0.2, 0.25) is 0 Å². The van der Waals surface area contributed by atoms with Crippen LogP contribution in [-0.4, -0.2) is 42.4 Å². The van der Waals surface area contributed by atoms with Gasteiger partial charge in [0.05, 0.1) is 6.21 Å². The molecule has 12 heteroatoms. The first kappa shape index (κ1) is 43.8. The second kappa shape index (κ2) is 22.6. The number of hydrogen-bond donors (Lipinski definition) is 3. The first-order chi connectivity index (χ1) is 31.3. The Morgan fingerprint density at radius 2 is 1.02 bits per heavy atom. The largest absolute Gasteiger partial charge is 0.514 e. The van der Waals surface area contributed by atoms with Gasteiger partial charge in [0.25, 0.3) is 5.91 Å². The molecule has 0 aromatic heterocycles. The van der Waals surface area contributed by atoms with Gasteiger partial charge in [-0.2, -0.15) is 5.10 Å². The molecule has 3 N–H and O–H groups in total. The number of nitrogens with one attached hydrogen (secondary N) is 3. The van der Waals surface area contributed by atoms with Crippen LogP contribution in [-0.2, 0) is 51.7 Å². The molecular formula is C52H46N4O8. The van der Waals surface area contributed by atoms with Gasteiger partial charge in [0.1, 0.15) is 43.4 Å². The van der Waals surface area contributed by atoms with Crippen molar-refractivity contribution in [3.05, 3.63) is 215 Å². The number of hydrazone groups is 1. The summed E-state index contributed by atoms with van der Waals surface area (Å²) < 4.78 is 22.0. The number of hydrogen-bond acceptors (Lipinski definition) is 9. The number of rotatable bonds is 18. The lowest BCUT2D eigenvalue weighted by Gasteiger charge is -2.23. The third-order valence-corrected chi connectivity index (χ3v) is 9.99. The van der Waals surface area contributed by atoms with E-state index in [9.17, 15) is 19.2 Å². The smallest absolute Gasteiger partial charge is 0.489 e. The van der Waals surface area contributed by atoms with Crippen molar-refractivity contribution in [1.29, 1.82) is 0 Å². The average Bonchev–Trinajstić information content (AvgIpc) is 3.33. The molecule has 7 rings (SSSR count). The van der Waals surface area contributed by atoms with E-state index in [-0.39, 0.29) is 31.8 Å². The van der Waals surface area contributed by atoms with E-state index in [1.165, 1.54) is 11.6 Å². The van der Waals surface area contributed by atoms with Crippen LogP contribution in [0.3, 0.4) is 0 Å².